The van der Waals surface area contributed by atoms with E-state index < -0.39 is 0 Å². The highest BCUT2D eigenvalue weighted by molar-refractivity contribution is 5.35. The third-order valence-corrected chi connectivity index (χ3v) is 5.01. The largest absolute Gasteiger partial charge is 0.388 e. The van der Waals surface area contributed by atoms with Crippen LogP contribution >= 0.6 is 0 Å². The van der Waals surface area contributed by atoms with E-state index in [0.717, 1.165) is 38.3 Å². The zero-order valence-corrected chi connectivity index (χ0v) is 13.1. The summed E-state index contributed by atoms with van der Waals surface area (Å²) in [4.78, 5) is 2.46. The Labute approximate surface area is 128 Å². The van der Waals surface area contributed by atoms with Crippen LogP contribution in [0.3, 0.4) is 0 Å². The fourth-order valence-corrected chi connectivity index (χ4v) is 3.67. The van der Waals surface area contributed by atoms with Gasteiger partial charge in [-0.15, -0.1) is 0 Å². The van der Waals surface area contributed by atoms with Gasteiger partial charge in [0.05, 0.1) is 6.10 Å². The van der Waals surface area contributed by atoms with Crippen LogP contribution in [-0.4, -0.2) is 42.7 Å². The number of hydrogen-bond acceptors (Lipinski definition) is 3. The van der Waals surface area contributed by atoms with Crippen molar-refractivity contribution in [3.05, 3.63) is 34.9 Å². The molecule has 2 aliphatic rings. The molecule has 1 heterocycles. The van der Waals surface area contributed by atoms with Gasteiger partial charge in [0.2, 0.25) is 0 Å². The average Bonchev–Trinajstić information content (AvgIpc) is 2.54. The second-order valence-corrected chi connectivity index (χ2v) is 6.71. The number of rotatable bonds is 4. The number of fused-ring (bicyclic) bond motifs is 1. The summed E-state index contributed by atoms with van der Waals surface area (Å²) in [7, 11) is 0. The first-order chi connectivity index (χ1) is 10.2. The molecule has 0 spiro atoms. The summed E-state index contributed by atoms with van der Waals surface area (Å²) in [5, 5.41) is 14.1. The average molecular weight is 288 g/mol. The molecular weight excluding hydrogens is 260 g/mol. The molecule has 21 heavy (non-hydrogen) atoms. The summed E-state index contributed by atoms with van der Waals surface area (Å²) in [5.74, 6) is 0.282. The lowest BCUT2D eigenvalue weighted by Gasteiger charge is -2.31. The predicted molar refractivity (Wildman–Crippen MR) is 86.5 cm³/mol. The lowest BCUT2D eigenvalue weighted by Crippen LogP contribution is -2.45. The minimum absolute atomic E-state index is 0.282. The predicted octanol–water partition coefficient (Wildman–Crippen LogP) is 2.14. The van der Waals surface area contributed by atoms with Gasteiger partial charge < -0.3 is 15.3 Å². The zero-order chi connectivity index (χ0) is 14.7. The second kappa shape index (κ2) is 6.91. The van der Waals surface area contributed by atoms with E-state index in [1.54, 1.807) is 0 Å². The van der Waals surface area contributed by atoms with Gasteiger partial charge in [-0.2, -0.15) is 0 Å². The molecule has 3 nitrogen and oxygen atoms in total. The van der Waals surface area contributed by atoms with Crippen LogP contribution in [0.4, 0.5) is 0 Å². The molecule has 1 aliphatic carbocycles. The van der Waals surface area contributed by atoms with Crippen LogP contribution in [0.25, 0.3) is 0 Å². The van der Waals surface area contributed by atoms with Crippen LogP contribution in [0.1, 0.15) is 42.6 Å². The number of nitrogens with one attached hydrogen (secondary N) is 1. The number of aliphatic hydroxyl groups is 1. The molecule has 1 aromatic rings. The highest BCUT2D eigenvalue weighted by Crippen LogP contribution is 2.28. The Bertz CT molecular complexity index is 468. The van der Waals surface area contributed by atoms with Crippen LogP contribution < -0.4 is 5.32 Å². The molecule has 0 saturated carbocycles. The van der Waals surface area contributed by atoms with Crippen LogP contribution in [0.15, 0.2) is 18.2 Å². The van der Waals surface area contributed by atoms with Gasteiger partial charge in [-0.1, -0.05) is 25.1 Å². The van der Waals surface area contributed by atoms with Crippen molar-refractivity contribution < 1.29 is 5.11 Å². The van der Waals surface area contributed by atoms with Gasteiger partial charge in [-0.3, -0.25) is 0 Å². The highest BCUT2D eigenvalue weighted by Gasteiger charge is 2.21. The normalized spacial score (nSPS) is 22.6. The number of aliphatic hydroxyl groups excluding tert-OH is 1. The Morgan fingerprint density at radius 3 is 2.62 bits per heavy atom. The number of nitrogens with zero attached hydrogens (tertiary/aromatic N) is 1. The Balaban J connectivity index is 1.64. The van der Waals surface area contributed by atoms with Gasteiger partial charge in [-0.25, -0.2) is 0 Å². The fraction of sp³-hybridized carbons (Fsp3) is 0.667. The summed E-state index contributed by atoms with van der Waals surface area (Å²) < 4.78 is 0. The molecule has 0 amide bonds. The van der Waals surface area contributed by atoms with Crippen LogP contribution in [-0.2, 0) is 12.8 Å². The monoisotopic (exact) mass is 288 g/mol. The topological polar surface area (TPSA) is 35.5 Å². The van der Waals surface area contributed by atoms with E-state index in [0.29, 0.717) is 0 Å². The zero-order valence-electron chi connectivity index (χ0n) is 13.1. The van der Waals surface area contributed by atoms with Gasteiger partial charge in [0.15, 0.2) is 0 Å². The summed E-state index contributed by atoms with van der Waals surface area (Å²) in [5.41, 5.74) is 4.07. The molecule has 116 valence electrons. The molecule has 3 rings (SSSR count). The molecule has 2 unspecified atom stereocenters. The maximum atomic E-state index is 10.7. The quantitative estimate of drug-likeness (QED) is 0.891. The number of benzene rings is 1. The van der Waals surface area contributed by atoms with E-state index in [4.69, 9.17) is 0 Å². The van der Waals surface area contributed by atoms with E-state index >= 15 is 0 Å². The molecule has 1 fully saturated rings. The molecule has 0 radical (unpaired) electrons. The van der Waals surface area contributed by atoms with Crippen LogP contribution in [0, 0.1) is 5.92 Å². The van der Waals surface area contributed by atoms with Gasteiger partial charge in [0.1, 0.15) is 0 Å². The Morgan fingerprint density at radius 2 is 1.86 bits per heavy atom. The number of hydrogen-bond donors (Lipinski definition) is 2. The fourth-order valence-electron chi connectivity index (χ4n) is 3.67. The van der Waals surface area contributed by atoms with Crippen molar-refractivity contribution in [2.75, 3.05) is 32.7 Å². The Kier molecular flexibility index (Phi) is 4.94. The van der Waals surface area contributed by atoms with Crippen molar-refractivity contribution in [3.8, 4) is 0 Å². The molecule has 1 aromatic carbocycles. The minimum atomic E-state index is -0.341. The van der Waals surface area contributed by atoms with Crippen molar-refractivity contribution in [1.82, 2.24) is 10.2 Å². The molecule has 0 bridgehead atoms. The third kappa shape index (κ3) is 3.65. The number of aryl methyl sites for hydroxylation is 2. The molecule has 3 heteroatoms. The molecule has 2 N–H and O–H groups in total. The molecule has 1 aliphatic heterocycles. The van der Waals surface area contributed by atoms with E-state index in [-0.39, 0.29) is 12.0 Å². The first-order valence-electron chi connectivity index (χ1n) is 8.47. The summed E-state index contributed by atoms with van der Waals surface area (Å²) in [6, 6.07) is 6.64. The van der Waals surface area contributed by atoms with Crippen LogP contribution in [0.2, 0.25) is 0 Å². The first-order valence-corrected chi connectivity index (χ1v) is 8.47. The minimum Gasteiger partial charge on any atom is -0.388 e. The van der Waals surface area contributed by atoms with E-state index in [1.165, 1.54) is 36.8 Å². The third-order valence-electron chi connectivity index (χ3n) is 5.01. The lowest BCUT2D eigenvalue weighted by molar-refractivity contribution is 0.0841. The summed E-state index contributed by atoms with van der Waals surface area (Å²) >= 11 is 0. The van der Waals surface area contributed by atoms with Crippen LogP contribution in [0.5, 0.6) is 0 Å². The maximum Gasteiger partial charge on any atom is 0.0827 e. The van der Waals surface area contributed by atoms with Crippen molar-refractivity contribution >= 4 is 0 Å². The SMILES string of the molecule is CC(CN1CCNCC1)C(O)c1ccc2c(c1)CCCC2. The first kappa shape index (κ1) is 15.0. The summed E-state index contributed by atoms with van der Waals surface area (Å²) in [6.07, 6.45) is 4.66. The van der Waals surface area contributed by atoms with Gasteiger partial charge >= 0.3 is 0 Å². The van der Waals surface area contributed by atoms with E-state index in [2.05, 4.69) is 35.3 Å². The standard InChI is InChI=1S/C18H28N2O/c1-14(13-20-10-8-19-9-11-20)18(21)17-7-6-15-4-2-3-5-16(15)12-17/h6-7,12,14,18-19,21H,2-5,8-11,13H2,1H3. The molecule has 2 atom stereocenters. The molecule has 1 saturated heterocycles. The van der Waals surface area contributed by atoms with E-state index in [9.17, 15) is 5.11 Å². The summed E-state index contributed by atoms with van der Waals surface area (Å²) in [6.45, 7) is 7.50. The van der Waals surface area contributed by atoms with E-state index in [1.807, 2.05) is 0 Å². The highest BCUT2D eigenvalue weighted by atomic mass is 16.3. The van der Waals surface area contributed by atoms with Gasteiger partial charge in [0.25, 0.3) is 0 Å². The van der Waals surface area contributed by atoms with Crippen molar-refractivity contribution in [2.24, 2.45) is 5.92 Å². The second-order valence-electron chi connectivity index (χ2n) is 6.71. The van der Waals surface area contributed by atoms with Crippen molar-refractivity contribution in [3.63, 3.8) is 0 Å². The van der Waals surface area contributed by atoms with Crippen molar-refractivity contribution in [2.45, 2.75) is 38.7 Å². The smallest absolute Gasteiger partial charge is 0.0827 e. The Hall–Kier alpha value is -0.900. The van der Waals surface area contributed by atoms with Gasteiger partial charge in [-0.05, 0) is 48.3 Å². The molecular formula is C18H28N2O. The molecule has 0 aromatic heterocycles. The maximum absolute atomic E-state index is 10.7. The van der Waals surface area contributed by atoms with Crippen molar-refractivity contribution in [1.29, 1.82) is 0 Å². The van der Waals surface area contributed by atoms with Gasteiger partial charge in [0, 0.05) is 32.7 Å². The lowest BCUT2D eigenvalue weighted by atomic mass is 9.87. The number of piperazine rings is 1. The Morgan fingerprint density at radius 1 is 1.14 bits per heavy atom.